The SMILES string of the molecule is Cc1ccc(SCC(=O)OCc2ccc(C#N)cc2)cc1C. The van der Waals surface area contributed by atoms with Crippen LogP contribution in [0.15, 0.2) is 47.4 Å². The van der Waals surface area contributed by atoms with E-state index in [1.807, 2.05) is 6.07 Å². The van der Waals surface area contributed by atoms with Crippen molar-refractivity contribution < 1.29 is 9.53 Å². The lowest BCUT2D eigenvalue weighted by molar-refractivity contribution is -0.141. The first-order valence-electron chi connectivity index (χ1n) is 6.93. The summed E-state index contributed by atoms with van der Waals surface area (Å²) in [6, 6.07) is 15.2. The van der Waals surface area contributed by atoms with Crippen LogP contribution >= 0.6 is 11.8 Å². The summed E-state index contributed by atoms with van der Waals surface area (Å²) in [4.78, 5) is 12.8. The van der Waals surface area contributed by atoms with Crippen LogP contribution in [-0.2, 0) is 16.1 Å². The summed E-state index contributed by atoms with van der Waals surface area (Å²) in [5, 5.41) is 8.72. The van der Waals surface area contributed by atoms with Gasteiger partial charge in [0.1, 0.15) is 6.61 Å². The maximum atomic E-state index is 11.8. The number of carbonyl (C=O) groups excluding carboxylic acids is 1. The van der Waals surface area contributed by atoms with E-state index in [9.17, 15) is 4.79 Å². The number of esters is 1. The molecule has 0 heterocycles. The minimum Gasteiger partial charge on any atom is -0.460 e. The summed E-state index contributed by atoms with van der Waals surface area (Å²) in [6.45, 7) is 4.36. The Hall–Kier alpha value is -2.25. The molecule has 0 fully saturated rings. The Bertz CT molecular complexity index is 702. The van der Waals surface area contributed by atoms with Gasteiger partial charge < -0.3 is 4.74 Å². The van der Waals surface area contributed by atoms with Crippen molar-refractivity contribution in [1.29, 1.82) is 5.26 Å². The van der Waals surface area contributed by atoms with Crippen molar-refractivity contribution in [3.63, 3.8) is 0 Å². The van der Waals surface area contributed by atoms with Gasteiger partial charge in [-0.2, -0.15) is 5.26 Å². The van der Waals surface area contributed by atoms with E-state index in [-0.39, 0.29) is 12.6 Å². The zero-order valence-electron chi connectivity index (χ0n) is 12.6. The standard InChI is InChI=1S/C18H17NO2S/c1-13-3-8-17(9-14(13)2)22-12-18(20)21-11-16-6-4-15(10-19)5-7-16/h3-9H,11-12H2,1-2H3. The molecule has 0 saturated heterocycles. The molecule has 0 N–H and O–H groups in total. The van der Waals surface area contributed by atoms with Crippen LogP contribution in [0.5, 0.6) is 0 Å². The summed E-state index contributed by atoms with van der Waals surface area (Å²) < 4.78 is 5.23. The van der Waals surface area contributed by atoms with Crippen molar-refractivity contribution in [3.05, 3.63) is 64.7 Å². The third-order valence-electron chi connectivity index (χ3n) is 3.32. The van der Waals surface area contributed by atoms with E-state index in [0.29, 0.717) is 11.3 Å². The van der Waals surface area contributed by atoms with Crippen LogP contribution in [0, 0.1) is 25.2 Å². The highest BCUT2D eigenvalue weighted by Gasteiger charge is 2.06. The van der Waals surface area contributed by atoms with Crippen molar-refractivity contribution in [2.24, 2.45) is 0 Å². The highest BCUT2D eigenvalue weighted by Crippen LogP contribution is 2.21. The lowest BCUT2D eigenvalue weighted by atomic mass is 10.1. The number of hydrogen-bond acceptors (Lipinski definition) is 4. The maximum absolute atomic E-state index is 11.8. The molecule has 0 amide bonds. The molecule has 4 heteroatoms. The van der Waals surface area contributed by atoms with Crippen molar-refractivity contribution in [3.8, 4) is 6.07 Å². The Morgan fingerprint density at radius 3 is 2.50 bits per heavy atom. The minimum absolute atomic E-state index is 0.234. The first kappa shape index (κ1) is 16.1. The summed E-state index contributed by atoms with van der Waals surface area (Å²) >= 11 is 1.48. The number of ether oxygens (including phenoxy) is 1. The molecule has 0 aromatic heterocycles. The Morgan fingerprint density at radius 1 is 1.14 bits per heavy atom. The number of hydrogen-bond donors (Lipinski definition) is 0. The van der Waals surface area contributed by atoms with E-state index >= 15 is 0 Å². The molecule has 0 atom stereocenters. The van der Waals surface area contributed by atoms with Crippen molar-refractivity contribution in [2.45, 2.75) is 25.3 Å². The summed E-state index contributed by atoms with van der Waals surface area (Å²) in [6.07, 6.45) is 0. The molecule has 22 heavy (non-hydrogen) atoms. The number of benzene rings is 2. The number of aryl methyl sites for hydroxylation is 2. The topological polar surface area (TPSA) is 50.1 Å². The van der Waals surface area contributed by atoms with Gasteiger partial charge in [0.05, 0.1) is 17.4 Å². The van der Waals surface area contributed by atoms with E-state index in [1.165, 1.54) is 22.9 Å². The first-order chi connectivity index (χ1) is 10.6. The smallest absolute Gasteiger partial charge is 0.316 e. The average molecular weight is 311 g/mol. The van der Waals surface area contributed by atoms with Gasteiger partial charge in [0.2, 0.25) is 0 Å². The molecule has 0 unspecified atom stereocenters. The van der Waals surface area contributed by atoms with Crippen LogP contribution < -0.4 is 0 Å². The predicted octanol–water partition coefficient (Wildman–Crippen LogP) is 4.01. The lowest BCUT2D eigenvalue weighted by Crippen LogP contribution is -2.07. The fraction of sp³-hybridized carbons (Fsp3) is 0.222. The van der Waals surface area contributed by atoms with E-state index in [4.69, 9.17) is 10.00 Å². The normalized spacial score (nSPS) is 10.0. The minimum atomic E-state index is -0.243. The molecule has 0 radical (unpaired) electrons. The highest BCUT2D eigenvalue weighted by molar-refractivity contribution is 8.00. The van der Waals surface area contributed by atoms with Crippen molar-refractivity contribution in [2.75, 3.05) is 5.75 Å². The van der Waals surface area contributed by atoms with Gasteiger partial charge in [-0.05, 0) is 54.8 Å². The van der Waals surface area contributed by atoms with Gasteiger partial charge in [-0.25, -0.2) is 0 Å². The number of nitriles is 1. The molecule has 112 valence electrons. The van der Waals surface area contributed by atoms with Gasteiger partial charge in [-0.3, -0.25) is 4.79 Å². The van der Waals surface area contributed by atoms with E-state index in [2.05, 4.69) is 32.0 Å². The van der Waals surface area contributed by atoms with E-state index < -0.39 is 0 Å². The third kappa shape index (κ3) is 4.64. The molecule has 3 nitrogen and oxygen atoms in total. The van der Waals surface area contributed by atoms with Crippen LogP contribution in [0.25, 0.3) is 0 Å². The second-order valence-electron chi connectivity index (χ2n) is 5.00. The zero-order chi connectivity index (χ0) is 15.9. The van der Waals surface area contributed by atoms with Gasteiger partial charge in [-0.1, -0.05) is 18.2 Å². The molecule has 0 saturated carbocycles. The van der Waals surface area contributed by atoms with Gasteiger partial charge in [0.25, 0.3) is 0 Å². The Labute approximate surface area is 134 Å². The van der Waals surface area contributed by atoms with Crippen LogP contribution in [-0.4, -0.2) is 11.7 Å². The molecule has 0 spiro atoms. The molecule has 0 aliphatic rings. The molecular weight excluding hydrogens is 294 g/mol. The highest BCUT2D eigenvalue weighted by atomic mass is 32.2. The first-order valence-corrected chi connectivity index (χ1v) is 7.92. The summed E-state index contributed by atoms with van der Waals surface area (Å²) in [7, 11) is 0. The van der Waals surface area contributed by atoms with Gasteiger partial charge in [0, 0.05) is 4.90 Å². The van der Waals surface area contributed by atoms with Crippen LogP contribution in [0.2, 0.25) is 0 Å². The number of rotatable bonds is 5. The fourth-order valence-corrected chi connectivity index (χ4v) is 2.62. The molecule has 2 aromatic rings. The average Bonchev–Trinajstić information content (AvgIpc) is 2.54. The lowest BCUT2D eigenvalue weighted by Gasteiger charge is -2.06. The van der Waals surface area contributed by atoms with Crippen LogP contribution in [0.4, 0.5) is 0 Å². The van der Waals surface area contributed by atoms with Gasteiger partial charge >= 0.3 is 5.97 Å². The number of thioether (sulfide) groups is 1. The molecule has 0 bridgehead atoms. The Balaban J connectivity index is 1.80. The molecule has 0 aliphatic heterocycles. The summed E-state index contributed by atoms with van der Waals surface area (Å²) in [5.74, 6) is 0.0475. The second kappa shape index (κ2) is 7.67. The largest absolute Gasteiger partial charge is 0.460 e. The second-order valence-corrected chi connectivity index (χ2v) is 6.05. The number of nitrogens with zero attached hydrogens (tertiary/aromatic N) is 1. The molecule has 0 aliphatic carbocycles. The quantitative estimate of drug-likeness (QED) is 0.618. The zero-order valence-corrected chi connectivity index (χ0v) is 13.4. The number of carbonyl (C=O) groups is 1. The Kier molecular flexibility index (Phi) is 5.62. The molecule has 2 aromatic carbocycles. The van der Waals surface area contributed by atoms with E-state index in [0.717, 1.165) is 10.5 Å². The maximum Gasteiger partial charge on any atom is 0.316 e. The van der Waals surface area contributed by atoms with Crippen molar-refractivity contribution >= 4 is 17.7 Å². The van der Waals surface area contributed by atoms with Gasteiger partial charge in [0.15, 0.2) is 0 Å². The monoisotopic (exact) mass is 311 g/mol. The Morgan fingerprint density at radius 2 is 1.86 bits per heavy atom. The fourth-order valence-electron chi connectivity index (χ4n) is 1.83. The van der Waals surface area contributed by atoms with Crippen LogP contribution in [0.3, 0.4) is 0 Å². The molecule has 2 rings (SSSR count). The van der Waals surface area contributed by atoms with Crippen molar-refractivity contribution in [1.82, 2.24) is 0 Å². The third-order valence-corrected chi connectivity index (χ3v) is 4.29. The molecular formula is C18H17NO2S. The van der Waals surface area contributed by atoms with Crippen LogP contribution in [0.1, 0.15) is 22.3 Å². The summed E-state index contributed by atoms with van der Waals surface area (Å²) in [5.41, 5.74) is 3.94. The van der Waals surface area contributed by atoms with Gasteiger partial charge in [-0.15, -0.1) is 11.8 Å². The van der Waals surface area contributed by atoms with E-state index in [1.54, 1.807) is 24.3 Å². The predicted molar refractivity (Wildman–Crippen MR) is 87.6 cm³/mol.